The van der Waals surface area contributed by atoms with E-state index >= 15 is 0 Å². The Labute approximate surface area is 234 Å². The van der Waals surface area contributed by atoms with Crippen LogP contribution in [0.3, 0.4) is 0 Å². The summed E-state index contributed by atoms with van der Waals surface area (Å²) in [5.41, 5.74) is 3.79. The van der Waals surface area contributed by atoms with Crippen molar-refractivity contribution in [3.05, 3.63) is 41.3 Å². The number of benzene rings is 1. The molecule has 1 amide bonds. The molecule has 0 aliphatic carbocycles. The van der Waals surface area contributed by atoms with Gasteiger partial charge in [0.1, 0.15) is 30.0 Å². The van der Waals surface area contributed by atoms with Gasteiger partial charge in [0.05, 0.1) is 42.8 Å². The van der Waals surface area contributed by atoms with Crippen LogP contribution in [-0.4, -0.2) is 96.5 Å². The summed E-state index contributed by atoms with van der Waals surface area (Å²) in [7, 11) is 1.77. The number of carbonyl (C=O) groups excluding carboxylic acids is 1. The minimum atomic E-state index is -0.635. The van der Waals surface area contributed by atoms with Crippen molar-refractivity contribution >= 4 is 11.9 Å². The fraction of sp³-hybridized carbons (Fsp3) is 0.500. The topological polar surface area (TPSA) is 144 Å². The number of anilines is 1. The average Bonchev–Trinajstić information content (AvgIpc) is 3.29. The second-order valence-electron chi connectivity index (χ2n) is 9.62. The Morgan fingerprint density at radius 3 is 2.83 bits per heavy atom. The minimum Gasteiger partial charge on any atom is -0.491 e. The van der Waals surface area contributed by atoms with Crippen molar-refractivity contribution in [2.24, 2.45) is 0 Å². The van der Waals surface area contributed by atoms with Gasteiger partial charge in [-0.25, -0.2) is 14.8 Å². The van der Waals surface area contributed by atoms with Gasteiger partial charge < -0.3 is 34.5 Å². The molecule has 3 heterocycles. The zero-order valence-corrected chi connectivity index (χ0v) is 23.7. The molecule has 12 heteroatoms. The van der Waals surface area contributed by atoms with Crippen molar-refractivity contribution in [1.29, 1.82) is 0 Å². The number of carbonyl (C=O) groups is 1. The summed E-state index contributed by atoms with van der Waals surface area (Å²) < 4.78 is 22.2. The summed E-state index contributed by atoms with van der Waals surface area (Å²) in [5.74, 6) is 2.34. The largest absolute Gasteiger partial charge is 0.491 e. The number of likely N-dealkylation sites (N-methyl/N-ethyl adjacent to an activating group) is 1. The van der Waals surface area contributed by atoms with Crippen molar-refractivity contribution in [2.75, 3.05) is 58.4 Å². The van der Waals surface area contributed by atoms with E-state index in [1.54, 1.807) is 18.9 Å². The molecule has 216 valence electrons. The molecule has 1 aliphatic heterocycles. The van der Waals surface area contributed by atoms with E-state index in [4.69, 9.17) is 28.7 Å². The standard InChI is InChI=1S/C28H38N6O6/c1-6-38-28(36)34-10-11-37-15-21(34)13-30-26-17(2)25(24-18(3)33-40-19(24)4)31-27(32-26)20-8-7-9-23(12-20)39-16-22(35)14-29-5/h7-9,12,21-22,29,35H,6,10-11,13-16H2,1-5H3,(H,30,31,32)/t21-,22+/m0/s1. The Balaban J connectivity index is 1.66. The number of nitrogens with one attached hydrogen (secondary N) is 2. The summed E-state index contributed by atoms with van der Waals surface area (Å²) in [6.07, 6.45) is -0.991. The second-order valence-corrected chi connectivity index (χ2v) is 9.62. The van der Waals surface area contributed by atoms with Gasteiger partial charge in [-0.3, -0.25) is 4.90 Å². The van der Waals surface area contributed by atoms with E-state index in [9.17, 15) is 9.90 Å². The van der Waals surface area contributed by atoms with Gasteiger partial charge in [-0.1, -0.05) is 17.3 Å². The maximum Gasteiger partial charge on any atom is 0.410 e. The number of ether oxygens (including phenoxy) is 3. The van der Waals surface area contributed by atoms with E-state index in [-0.39, 0.29) is 18.7 Å². The Morgan fingerprint density at radius 1 is 1.27 bits per heavy atom. The first kappa shape index (κ1) is 29.2. The molecule has 12 nitrogen and oxygen atoms in total. The molecule has 0 spiro atoms. The van der Waals surface area contributed by atoms with E-state index in [1.165, 1.54) is 0 Å². The predicted molar refractivity (Wildman–Crippen MR) is 149 cm³/mol. The summed E-state index contributed by atoms with van der Waals surface area (Å²) in [4.78, 5) is 24.0. The van der Waals surface area contributed by atoms with Crippen molar-refractivity contribution in [1.82, 2.24) is 25.3 Å². The van der Waals surface area contributed by atoms with Crippen LogP contribution < -0.4 is 15.4 Å². The molecule has 0 unspecified atom stereocenters. The van der Waals surface area contributed by atoms with Gasteiger partial charge in [0.25, 0.3) is 0 Å². The molecule has 0 bridgehead atoms. The van der Waals surface area contributed by atoms with Crippen LogP contribution in [0.5, 0.6) is 5.75 Å². The highest BCUT2D eigenvalue weighted by molar-refractivity contribution is 5.74. The van der Waals surface area contributed by atoms with Crippen molar-refractivity contribution < 1.29 is 28.6 Å². The molecule has 1 aromatic carbocycles. The molecule has 3 aromatic rings. The number of aromatic nitrogens is 3. The summed E-state index contributed by atoms with van der Waals surface area (Å²) in [6, 6.07) is 7.20. The van der Waals surface area contributed by atoms with Crippen LogP contribution >= 0.6 is 0 Å². The lowest BCUT2D eigenvalue weighted by molar-refractivity contribution is -0.00379. The smallest absolute Gasteiger partial charge is 0.410 e. The molecule has 0 radical (unpaired) electrons. The van der Waals surface area contributed by atoms with Crippen LogP contribution in [0, 0.1) is 20.8 Å². The molecule has 3 N–H and O–H groups in total. The third-order valence-electron chi connectivity index (χ3n) is 6.63. The highest BCUT2D eigenvalue weighted by atomic mass is 16.6. The van der Waals surface area contributed by atoms with Crippen LogP contribution in [0.15, 0.2) is 28.8 Å². The Hall–Kier alpha value is -3.74. The number of aliphatic hydroxyl groups is 1. The quantitative estimate of drug-likeness (QED) is 0.322. The van der Waals surface area contributed by atoms with Crippen LogP contribution in [-0.2, 0) is 9.47 Å². The number of hydrogen-bond acceptors (Lipinski definition) is 11. The molecule has 1 saturated heterocycles. The van der Waals surface area contributed by atoms with Gasteiger partial charge in [-0.2, -0.15) is 0 Å². The predicted octanol–water partition coefficient (Wildman–Crippen LogP) is 2.95. The van der Waals surface area contributed by atoms with E-state index in [0.717, 1.165) is 22.4 Å². The molecule has 40 heavy (non-hydrogen) atoms. The summed E-state index contributed by atoms with van der Waals surface area (Å²) in [6.45, 7) is 10.1. The number of hydrogen-bond donors (Lipinski definition) is 3. The molecule has 4 rings (SSSR count). The van der Waals surface area contributed by atoms with Crippen LogP contribution in [0.4, 0.5) is 10.6 Å². The lowest BCUT2D eigenvalue weighted by Gasteiger charge is -2.35. The number of nitrogens with zero attached hydrogens (tertiary/aromatic N) is 4. The second kappa shape index (κ2) is 13.6. The van der Waals surface area contributed by atoms with Crippen LogP contribution in [0.25, 0.3) is 22.6 Å². The maximum absolute atomic E-state index is 12.5. The fourth-order valence-electron chi connectivity index (χ4n) is 4.58. The molecular formula is C28H38N6O6. The Kier molecular flexibility index (Phi) is 9.91. The zero-order chi connectivity index (χ0) is 28.6. The van der Waals surface area contributed by atoms with E-state index < -0.39 is 6.10 Å². The number of aliphatic hydroxyl groups excluding tert-OH is 1. The third-order valence-corrected chi connectivity index (χ3v) is 6.63. The first-order chi connectivity index (χ1) is 19.3. The number of amides is 1. The lowest BCUT2D eigenvalue weighted by Crippen LogP contribution is -2.52. The minimum absolute atomic E-state index is 0.149. The first-order valence-electron chi connectivity index (χ1n) is 13.4. The monoisotopic (exact) mass is 554 g/mol. The Bertz CT molecular complexity index is 1280. The van der Waals surface area contributed by atoms with Gasteiger partial charge in [-0.05, 0) is 46.9 Å². The Morgan fingerprint density at radius 2 is 2.10 bits per heavy atom. The van der Waals surface area contributed by atoms with E-state index in [1.807, 2.05) is 45.0 Å². The van der Waals surface area contributed by atoms with Gasteiger partial charge in [0.2, 0.25) is 0 Å². The molecule has 2 aromatic heterocycles. The average molecular weight is 555 g/mol. The van der Waals surface area contributed by atoms with Gasteiger partial charge in [0.15, 0.2) is 5.82 Å². The lowest BCUT2D eigenvalue weighted by atomic mass is 10.0. The number of morpholine rings is 1. The van der Waals surface area contributed by atoms with Gasteiger partial charge in [0, 0.05) is 30.8 Å². The zero-order valence-electron chi connectivity index (χ0n) is 23.7. The molecule has 2 atom stereocenters. The van der Waals surface area contributed by atoms with E-state index in [0.29, 0.717) is 68.3 Å². The van der Waals surface area contributed by atoms with Crippen LogP contribution in [0.2, 0.25) is 0 Å². The molecular weight excluding hydrogens is 516 g/mol. The molecule has 0 saturated carbocycles. The SMILES string of the molecule is CCOC(=O)N1CCOC[C@@H]1CNc1nc(-c2cccc(OC[C@H](O)CNC)c2)nc(-c2c(C)noc2C)c1C. The van der Waals surface area contributed by atoms with Crippen LogP contribution in [0.1, 0.15) is 23.9 Å². The van der Waals surface area contributed by atoms with E-state index in [2.05, 4.69) is 15.8 Å². The van der Waals surface area contributed by atoms with Crippen molar-refractivity contribution in [3.63, 3.8) is 0 Å². The molecule has 1 fully saturated rings. The summed E-state index contributed by atoms with van der Waals surface area (Å²) >= 11 is 0. The van der Waals surface area contributed by atoms with Crippen molar-refractivity contribution in [3.8, 4) is 28.4 Å². The highest BCUT2D eigenvalue weighted by Gasteiger charge is 2.29. The third kappa shape index (κ3) is 6.87. The normalized spacial score (nSPS) is 16.1. The molecule has 1 aliphatic rings. The number of rotatable bonds is 11. The van der Waals surface area contributed by atoms with Gasteiger partial charge >= 0.3 is 6.09 Å². The first-order valence-corrected chi connectivity index (χ1v) is 13.4. The highest BCUT2D eigenvalue weighted by Crippen LogP contribution is 2.33. The maximum atomic E-state index is 12.5. The fourth-order valence-corrected chi connectivity index (χ4v) is 4.58. The van der Waals surface area contributed by atoms with Gasteiger partial charge in [-0.15, -0.1) is 0 Å². The number of aryl methyl sites for hydroxylation is 2. The summed E-state index contributed by atoms with van der Waals surface area (Å²) in [5, 5.41) is 20.5. The van der Waals surface area contributed by atoms with Crippen molar-refractivity contribution in [2.45, 2.75) is 39.8 Å².